The van der Waals surface area contributed by atoms with Crippen molar-refractivity contribution < 1.29 is 38.9 Å². The molecular formula is C20H20N4O8. The van der Waals surface area contributed by atoms with Crippen molar-refractivity contribution in [1.29, 1.82) is 0 Å². The van der Waals surface area contributed by atoms with Gasteiger partial charge in [-0.15, -0.1) is 0 Å². The first-order valence-electron chi connectivity index (χ1n) is 9.02. The molecule has 0 fully saturated rings. The number of hydrogen-bond acceptors (Lipinski definition) is 7. The maximum atomic E-state index is 12.2. The van der Waals surface area contributed by atoms with E-state index in [2.05, 4.69) is 4.99 Å². The lowest BCUT2D eigenvalue weighted by Gasteiger charge is -2.12. The monoisotopic (exact) mass is 444 g/mol. The van der Waals surface area contributed by atoms with E-state index in [9.17, 15) is 19.2 Å². The highest BCUT2D eigenvalue weighted by Gasteiger charge is 2.23. The largest absolute Gasteiger partial charge is 0.481 e. The minimum atomic E-state index is -1.62. The highest BCUT2D eigenvalue weighted by atomic mass is 16.5. The molecular weight excluding hydrogens is 424 g/mol. The summed E-state index contributed by atoms with van der Waals surface area (Å²) in [7, 11) is 0. The third kappa shape index (κ3) is 7.67. The maximum Gasteiger partial charge on any atom is 0.408 e. The van der Waals surface area contributed by atoms with Crippen LogP contribution in [0.1, 0.15) is 22.3 Å². The summed E-state index contributed by atoms with van der Waals surface area (Å²) >= 11 is 0. The SMILES string of the molecule is NC(N)=Nc1ccc(C(=O)Oc2ccc(COC(=O)N[C@@H](CC(=O)O)C(=O)O)cc2)cc1. The summed E-state index contributed by atoms with van der Waals surface area (Å²) in [6.07, 6.45) is -1.88. The first-order chi connectivity index (χ1) is 15.1. The molecule has 168 valence electrons. The number of nitrogens with one attached hydrogen (secondary N) is 1. The molecule has 0 aliphatic heterocycles. The normalized spacial score (nSPS) is 11.0. The number of rotatable bonds is 9. The fourth-order valence-electron chi connectivity index (χ4n) is 2.35. The average Bonchev–Trinajstić information content (AvgIpc) is 2.72. The minimum absolute atomic E-state index is 0.108. The Kier molecular flexibility index (Phi) is 8.11. The van der Waals surface area contributed by atoms with E-state index in [0.29, 0.717) is 11.3 Å². The number of guanidine groups is 1. The number of nitrogens with zero attached hydrogens (tertiary/aromatic N) is 1. The van der Waals surface area contributed by atoms with Crippen molar-refractivity contribution in [3.05, 3.63) is 59.7 Å². The summed E-state index contributed by atoms with van der Waals surface area (Å²) in [4.78, 5) is 49.3. The molecule has 0 bridgehead atoms. The van der Waals surface area contributed by atoms with E-state index in [1.54, 1.807) is 12.1 Å². The number of nitrogens with two attached hydrogens (primary N) is 2. The molecule has 12 nitrogen and oxygen atoms in total. The number of benzene rings is 2. The van der Waals surface area contributed by atoms with E-state index in [1.807, 2.05) is 5.32 Å². The van der Waals surface area contributed by atoms with Crippen LogP contribution in [0.5, 0.6) is 5.75 Å². The van der Waals surface area contributed by atoms with Gasteiger partial charge in [0.2, 0.25) is 0 Å². The molecule has 0 unspecified atom stereocenters. The summed E-state index contributed by atoms with van der Waals surface area (Å²) in [5.41, 5.74) is 11.8. The van der Waals surface area contributed by atoms with Gasteiger partial charge in [0.05, 0.1) is 17.7 Å². The second-order valence-corrected chi connectivity index (χ2v) is 6.33. The molecule has 1 atom stereocenters. The van der Waals surface area contributed by atoms with Crippen molar-refractivity contribution >= 4 is 35.6 Å². The Hall–Kier alpha value is -4.61. The number of ether oxygens (including phenoxy) is 2. The van der Waals surface area contributed by atoms with E-state index in [-0.39, 0.29) is 23.9 Å². The summed E-state index contributed by atoms with van der Waals surface area (Å²) < 4.78 is 10.1. The van der Waals surface area contributed by atoms with Gasteiger partial charge in [0.1, 0.15) is 18.4 Å². The van der Waals surface area contributed by atoms with Gasteiger partial charge in [-0.3, -0.25) is 4.79 Å². The Morgan fingerprint density at radius 2 is 1.59 bits per heavy atom. The predicted molar refractivity (Wildman–Crippen MR) is 110 cm³/mol. The Labute approximate surface area is 181 Å². The van der Waals surface area contributed by atoms with Crippen LogP contribution in [0.3, 0.4) is 0 Å². The molecule has 0 radical (unpaired) electrons. The Balaban J connectivity index is 1.88. The smallest absolute Gasteiger partial charge is 0.408 e. The quantitative estimate of drug-likeness (QED) is 0.160. The molecule has 0 heterocycles. The van der Waals surface area contributed by atoms with Gasteiger partial charge >= 0.3 is 24.0 Å². The second kappa shape index (κ2) is 11.0. The van der Waals surface area contributed by atoms with Crippen LogP contribution in [0.25, 0.3) is 0 Å². The number of carbonyl (C=O) groups excluding carboxylic acids is 2. The van der Waals surface area contributed by atoms with Crippen molar-refractivity contribution in [3.63, 3.8) is 0 Å². The van der Waals surface area contributed by atoms with E-state index >= 15 is 0 Å². The third-order valence-electron chi connectivity index (χ3n) is 3.83. The third-order valence-corrected chi connectivity index (χ3v) is 3.83. The first-order valence-corrected chi connectivity index (χ1v) is 9.02. The standard InChI is InChI=1S/C20H20N4O8/c21-19(22)23-13-5-3-12(4-6-13)18(29)32-14-7-1-11(2-8-14)10-31-20(30)24-15(17(27)28)9-16(25)26/h1-8,15H,9-10H2,(H,24,30)(H,25,26)(H,27,28)(H4,21,22,23)/t15-/m0/s1. The van der Waals surface area contributed by atoms with Gasteiger partial charge in [-0.05, 0) is 42.0 Å². The number of carboxylic acid groups (broad SMARTS) is 2. The zero-order chi connectivity index (χ0) is 23.7. The first kappa shape index (κ1) is 23.7. The zero-order valence-corrected chi connectivity index (χ0v) is 16.6. The second-order valence-electron chi connectivity index (χ2n) is 6.33. The maximum absolute atomic E-state index is 12.2. The van der Waals surface area contributed by atoms with Crippen molar-refractivity contribution in [2.45, 2.75) is 19.1 Å². The zero-order valence-electron chi connectivity index (χ0n) is 16.6. The van der Waals surface area contributed by atoms with Crippen LogP contribution in [-0.4, -0.2) is 46.2 Å². The van der Waals surface area contributed by atoms with Gasteiger partial charge in [-0.1, -0.05) is 12.1 Å². The minimum Gasteiger partial charge on any atom is -0.481 e. The molecule has 2 aromatic rings. The number of esters is 1. The van der Waals surface area contributed by atoms with E-state index in [4.69, 9.17) is 31.2 Å². The molecule has 0 aliphatic rings. The summed E-state index contributed by atoms with van der Waals surface area (Å²) in [6.45, 7) is -0.217. The summed E-state index contributed by atoms with van der Waals surface area (Å²) in [5.74, 6) is -3.36. The number of aliphatic carboxylic acids is 2. The molecule has 2 rings (SSSR count). The van der Waals surface area contributed by atoms with E-state index in [0.717, 1.165) is 0 Å². The van der Waals surface area contributed by atoms with E-state index < -0.39 is 36.5 Å². The van der Waals surface area contributed by atoms with Gasteiger partial charge in [-0.25, -0.2) is 19.4 Å². The molecule has 0 saturated heterocycles. The van der Waals surface area contributed by atoms with Crippen LogP contribution < -0.4 is 21.5 Å². The van der Waals surface area contributed by atoms with Crippen LogP contribution in [0.2, 0.25) is 0 Å². The number of aliphatic imine (C=N–C) groups is 1. The fourth-order valence-corrected chi connectivity index (χ4v) is 2.35. The number of alkyl carbamates (subject to hydrolysis) is 1. The van der Waals surface area contributed by atoms with Crippen LogP contribution in [0.4, 0.5) is 10.5 Å². The predicted octanol–water partition coefficient (Wildman–Crippen LogP) is 0.965. The van der Waals surface area contributed by atoms with Crippen molar-refractivity contribution in [2.24, 2.45) is 16.5 Å². The summed E-state index contributed by atoms with van der Waals surface area (Å²) in [5, 5.41) is 19.5. The lowest BCUT2D eigenvalue weighted by molar-refractivity contribution is -0.145. The molecule has 32 heavy (non-hydrogen) atoms. The molecule has 0 aromatic heterocycles. The van der Waals surface area contributed by atoms with Gasteiger partial charge < -0.3 is 36.5 Å². The van der Waals surface area contributed by atoms with Crippen molar-refractivity contribution in [1.82, 2.24) is 5.32 Å². The van der Waals surface area contributed by atoms with Crippen molar-refractivity contribution in [2.75, 3.05) is 0 Å². The van der Waals surface area contributed by atoms with Crippen LogP contribution in [0.15, 0.2) is 53.5 Å². The van der Waals surface area contributed by atoms with Crippen LogP contribution >= 0.6 is 0 Å². The van der Waals surface area contributed by atoms with Crippen LogP contribution in [0, 0.1) is 0 Å². The van der Waals surface area contributed by atoms with Gasteiger partial charge in [-0.2, -0.15) is 0 Å². The summed E-state index contributed by atoms with van der Waals surface area (Å²) in [6, 6.07) is 10.5. The topological polar surface area (TPSA) is 204 Å². The van der Waals surface area contributed by atoms with Crippen molar-refractivity contribution in [3.8, 4) is 5.75 Å². The number of amides is 1. The Morgan fingerprint density at radius 1 is 0.969 bits per heavy atom. The van der Waals surface area contributed by atoms with Gasteiger partial charge in [0.15, 0.2) is 5.96 Å². The number of carbonyl (C=O) groups is 4. The molecule has 7 N–H and O–H groups in total. The highest BCUT2D eigenvalue weighted by molar-refractivity contribution is 5.91. The Morgan fingerprint density at radius 3 is 2.12 bits per heavy atom. The molecule has 0 spiro atoms. The number of hydrogen-bond donors (Lipinski definition) is 5. The number of carboxylic acids is 2. The van der Waals surface area contributed by atoms with E-state index in [1.165, 1.54) is 36.4 Å². The van der Waals surface area contributed by atoms with Gasteiger partial charge in [0.25, 0.3) is 0 Å². The average molecular weight is 444 g/mol. The molecule has 12 heteroatoms. The lowest BCUT2D eigenvalue weighted by atomic mass is 10.2. The lowest BCUT2D eigenvalue weighted by Crippen LogP contribution is -2.42. The molecule has 0 aliphatic carbocycles. The molecule has 0 saturated carbocycles. The fraction of sp³-hybridized carbons (Fsp3) is 0.150. The highest BCUT2D eigenvalue weighted by Crippen LogP contribution is 2.17. The van der Waals surface area contributed by atoms with Crippen LogP contribution in [-0.2, 0) is 20.9 Å². The molecule has 2 aromatic carbocycles. The molecule has 1 amide bonds. The Bertz CT molecular complexity index is 1010. The van der Waals surface area contributed by atoms with Gasteiger partial charge in [0, 0.05) is 0 Å².